The first-order chi connectivity index (χ1) is 7.15. The molecule has 0 heteroatoms. The Bertz CT molecular complexity index is 243. The predicted molar refractivity (Wildman–Crippen MR) is 66.8 cm³/mol. The third kappa shape index (κ3) is 2.65. The quantitative estimate of drug-likeness (QED) is 0.571. The molecule has 2 aliphatic rings. The van der Waals surface area contributed by atoms with Gasteiger partial charge in [-0.3, -0.25) is 0 Å². The van der Waals surface area contributed by atoms with Gasteiger partial charge in [-0.15, -0.1) is 0 Å². The summed E-state index contributed by atoms with van der Waals surface area (Å²) in [6.45, 7) is 7.09. The monoisotopic (exact) mass is 206 g/mol. The lowest BCUT2D eigenvalue weighted by Crippen LogP contribution is -2.12. The van der Waals surface area contributed by atoms with E-state index in [1.165, 1.54) is 44.9 Å². The fourth-order valence-corrected chi connectivity index (χ4v) is 3.00. The Morgan fingerprint density at radius 3 is 2.40 bits per heavy atom. The fraction of sp³-hybridized carbons (Fsp3) is 0.867. The van der Waals surface area contributed by atoms with Crippen LogP contribution in [-0.4, -0.2) is 0 Å². The predicted octanol–water partition coefficient (Wildman–Crippen LogP) is 4.95. The van der Waals surface area contributed by atoms with Crippen LogP contribution < -0.4 is 0 Å². The molecule has 86 valence electrons. The molecule has 2 rings (SSSR count). The maximum atomic E-state index is 2.58. The van der Waals surface area contributed by atoms with Crippen LogP contribution in [0.2, 0.25) is 0 Å². The Labute approximate surface area is 95.1 Å². The largest absolute Gasteiger partial charge is 0.0848 e. The molecule has 0 nitrogen and oxygen atoms in total. The molecule has 0 amide bonds. The topological polar surface area (TPSA) is 0 Å². The zero-order chi connectivity index (χ0) is 10.9. The summed E-state index contributed by atoms with van der Waals surface area (Å²) in [7, 11) is 0. The summed E-state index contributed by atoms with van der Waals surface area (Å²) in [4.78, 5) is 0. The normalized spacial score (nSPS) is 25.5. The standard InChI is InChI=1S/C15H26/c1-4-14(12(2)3)11-13-5-7-15(8-6-13)9-10-15/h5,12,14H,4,6-11H2,1-3H3. The van der Waals surface area contributed by atoms with Gasteiger partial charge in [-0.1, -0.05) is 38.8 Å². The summed E-state index contributed by atoms with van der Waals surface area (Å²) in [5.41, 5.74) is 2.58. The molecule has 0 aromatic carbocycles. The highest BCUT2D eigenvalue weighted by atomic mass is 14.5. The second kappa shape index (κ2) is 4.31. The van der Waals surface area contributed by atoms with Gasteiger partial charge >= 0.3 is 0 Å². The highest BCUT2D eigenvalue weighted by Gasteiger charge is 2.42. The lowest BCUT2D eigenvalue weighted by molar-refractivity contribution is 0.353. The lowest BCUT2D eigenvalue weighted by Gasteiger charge is -2.25. The zero-order valence-corrected chi connectivity index (χ0v) is 10.7. The number of hydrogen-bond donors (Lipinski definition) is 0. The van der Waals surface area contributed by atoms with Gasteiger partial charge in [0.05, 0.1) is 0 Å². The van der Waals surface area contributed by atoms with E-state index in [-0.39, 0.29) is 0 Å². The highest BCUT2D eigenvalue weighted by molar-refractivity contribution is 5.14. The van der Waals surface area contributed by atoms with E-state index in [2.05, 4.69) is 26.8 Å². The van der Waals surface area contributed by atoms with Gasteiger partial charge in [0.25, 0.3) is 0 Å². The molecular weight excluding hydrogens is 180 g/mol. The summed E-state index contributed by atoms with van der Waals surface area (Å²) < 4.78 is 0. The minimum Gasteiger partial charge on any atom is -0.0848 e. The van der Waals surface area contributed by atoms with Crippen molar-refractivity contribution in [1.29, 1.82) is 0 Å². The van der Waals surface area contributed by atoms with Crippen LogP contribution in [0.1, 0.15) is 65.7 Å². The van der Waals surface area contributed by atoms with Crippen LogP contribution in [0.15, 0.2) is 11.6 Å². The first-order valence-electron chi connectivity index (χ1n) is 6.83. The minimum atomic E-state index is 0.809. The van der Waals surface area contributed by atoms with E-state index in [1.807, 2.05) is 0 Å². The minimum absolute atomic E-state index is 0.809. The van der Waals surface area contributed by atoms with E-state index in [0.29, 0.717) is 0 Å². The van der Waals surface area contributed by atoms with Gasteiger partial charge in [0, 0.05) is 0 Å². The van der Waals surface area contributed by atoms with Gasteiger partial charge in [-0.05, 0) is 55.8 Å². The van der Waals surface area contributed by atoms with Crippen molar-refractivity contribution < 1.29 is 0 Å². The molecule has 1 unspecified atom stereocenters. The van der Waals surface area contributed by atoms with E-state index in [9.17, 15) is 0 Å². The Balaban J connectivity index is 1.86. The molecule has 0 radical (unpaired) electrons. The number of hydrogen-bond acceptors (Lipinski definition) is 0. The first kappa shape index (κ1) is 11.2. The molecule has 0 heterocycles. The molecule has 1 atom stereocenters. The second-order valence-corrected chi connectivity index (χ2v) is 6.18. The molecule has 0 aromatic heterocycles. The van der Waals surface area contributed by atoms with Gasteiger partial charge in [0.1, 0.15) is 0 Å². The van der Waals surface area contributed by atoms with Crippen molar-refractivity contribution in [3.05, 3.63) is 11.6 Å². The molecule has 15 heavy (non-hydrogen) atoms. The Morgan fingerprint density at radius 2 is 2.00 bits per heavy atom. The average Bonchev–Trinajstić information content (AvgIpc) is 2.97. The molecular formula is C15H26. The number of rotatable bonds is 4. The van der Waals surface area contributed by atoms with Crippen molar-refractivity contribution in [2.75, 3.05) is 0 Å². The van der Waals surface area contributed by atoms with Crippen molar-refractivity contribution >= 4 is 0 Å². The van der Waals surface area contributed by atoms with Crippen LogP contribution in [0.3, 0.4) is 0 Å². The van der Waals surface area contributed by atoms with Gasteiger partial charge in [0.2, 0.25) is 0 Å². The smallest absolute Gasteiger partial charge is 0.0259 e. The van der Waals surface area contributed by atoms with Gasteiger partial charge in [0.15, 0.2) is 0 Å². The molecule has 0 saturated heterocycles. The van der Waals surface area contributed by atoms with E-state index >= 15 is 0 Å². The van der Waals surface area contributed by atoms with Gasteiger partial charge < -0.3 is 0 Å². The van der Waals surface area contributed by atoms with Crippen molar-refractivity contribution in [3.63, 3.8) is 0 Å². The zero-order valence-electron chi connectivity index (χ0n) is 10.7. The molecule has 0 aromatic rings. The van der Waals surface area contributed by atoms with E-state index < -0.39 is 0 Å². The van der Waals surface area contributed by atoms with Crippen LogP contribution in [0.4, 0.5) is 0 Å². The maximum absolute atomic E-state index is 2.58. The summed E-state index contributed by atoms with van der Waals surface area (Å²) >= 11 is 0. The fourth-order valence-electron chi connectivity index (χ4n) is 3.00. The summed E-state index contributed by atoms with van der Waals surface area (Å²) in [5.74, 6) is 1.78. The van der Waals surface area contributed by atoms with Crippen molar-refractivity contribution in [1.82, 2.24) is 0 Å². The van der Waals surface area contributed by atoms with E-state index in [0.717, 1.165) is 17.3 Å². The molecule has 2 aliphatic carbocycles. The van der Waals surface area contributed by atoms with Gasteiger partial charge in [-0.25, -0.2) is 0 Å². The first-order valence-corrected chi connectivity index (χ1v) is 6.83. The van der Waals surface area contributed by atoms with Gasteiger partial charge in [-0.2, -0.15) is 0 Å². The van der Waals surface area contributed by atoms with Crippen LogP contribution in [0.5, 0.6) is 0 Å². The molecule has 1 saturated carbocycles. The summed E-state index contributed by atoms with van der Waals surface area (Å²) in [6.07, 6.45) is 12.6. The third-order valence-electron chi connectivity index (χ3n) is 4.75. The molecule has 1 fully saturated rings. The van der Waals surface area contributed by atoms with Crippen molar-refractivity contribution in [3.8, 4) is 0 Å². The SMILES string of the molecule is CCC(CC1=CCC2(CC1)CC2)C(C)C. The summed E-state index contributed by atoms with van der Waals surface area (Å²) in [5, 5.41) is 0. The van der Waals surface area contributed by atoms with E-state index in [1.54, 1.807) is 5.57 Å². The Hall–Kier alpha value is -0.260. The average molecular weight is 206 g/mol. The highest BCUT2D eigenvalue weighted by Crippen LogP contribution is 2.55. The number of allylic oxidation sites excluding steroid dienone is 2. The van der Waals surface area contributed by atoms with Crippen LogP contribution >= 0.6 is 0 Å². The third-order valence-corrected chi connectivity index (χ3v) is 4.75. The van der Waals surface area contributed by atoms with Crippen molar-refractivity contribution in [2.24, 2.45) is 17.3 Å². The Morgan fingerprint density at radius 1 is 1.27 bits per heavy atom. The van der Waals surface area contributed by atoms with Crippen LogP contribution in [0.25, 0.3) is 0 Å². The summed E-state index contributed by atoms with van der Waals surface area (Å²) in [6, 6.07) is 0. The molecule has 0 bridgehead atoms. The molecule has 1 spiro atoms. The molecule has 0 aliphatic heterocycles. The van der Waals surface area contributed by atoms with E-state index in [4.69, 9.17) is 0 Å². The van der Waals surface area contributed by atoms with Crippen molar-refractivity contribution in [2.45, 2.75) is 65.7 Å². The lowest BCUT2D eigenvalue weighted by atomic mass is 9.80. The maximum Gasteiger partial charge on any atom is -0.0259 e. The second-order valence-electron chi connectivity index (χ2n) is 6.18. The Kier molecular flexibility index (Phi) is 3.23. The van der Waals surface area contributed by atoms with Crippen LogP contribution in [0, 0.1) is 17.3 Å². The van der Waals surface area contributed by atoms with Crippen LogP contribution in [-0.2, 0) is 0 Å². The molecule has 0 N–H and O–H groups in total.